The van der Waals surface area contributed by atoms with Crippen LogP contribution in [0, 0.1) is 13.8 Å². The number of thiazole rings is 1. The van der Waals surface area contributed by atoms with Crippen molar-refractivity contribution in [3.63, 3.8) is 0 Å². The van der Waals surface area contributed by atoms with Crippen molar-refractivity contribution >= 4 is 11.3 Å². The monoisotopic (exact) mass is 339 g/mol. The third kappa shape index (κ3) is 3.44. The first-order valence-electron chi connectivity index (χ1n) is 7.83. The van der Waals surface area contributed by atoms with Crippen molar-refractivity contribution in [2.45, 2.75) is 20.3 Å². The normalized spacial score (nSPS) is 10.7. The first-order chi connectivity index (χ1) is 11.6. The molecule has 1 aromatic heterocycles. The van der Waals surface area contributed by atoms with E-state index in [1.54, 1.807) is 25.6 Å². The maximum absolute atomic E-state index is 5.34. The standard InChI is InChI=1S/C20H21NO2S/c1-13-9-17(23-4)10-14(2)20(13)18-12-24-19(21-18)11-15-5-7-16(22-3)8-6-15/h5-10,12H,11H2,1-4H3. The molecule has 0 spiro atoms. The van der Waals surface area contributed by atoms with E-state index in [4.69, 9.17) is 14.5 Å². The first kappa shape index (κ1) is 16.5. The SMILES string of the molecule is COc1ccc(Cc2nc(-c3c(C)cc(OC)cc3C)cs2)cc1. The Kier molecular flexibility index (Phi) is 4.86. The van der Waals surface area contributed by atoms with Gasteiger partial charge in [-0.25, -0.2) is 4.98 Å². The zero-order valence-electron chi connectivity index (χ0n) is 14.4. The molecule has 0 fully saturated rings. The maximum atomic E-state index is 5.34. The van der Waals surface area contributed by atoms with Gasteiger partial charge < -0.3 is 9.47 Å². The van der Waals surface area contributed by atoms with Gasteiger partial charge in [-0.2, -0.15) is 0 Å². The molecule has 0 amide bonds. The number of methoxy groups -OCH3 is 2. The zero-order chi connectivity index (χ0) is 17.1. The lowest BCUT2D eigenvalue weighted by Crippen LogP contribution is -1.93. The smallest absolute Gasteiger partial charge is 0.119 e. The third-order valence-corrected chi connectivity index (χ3v) is 4.91. The van der Waals surface area contributed by atoms with Gasteiger partial charge >= 0.3 is 0 Å². The van der Waals surface area contributed by atoms with Crippen LogP contribution in [0.3, 0.4) is 0 Å². The quantitative estimate of drug-likeness (QED) is 0.653. The molecule has 0 N–H and O–H groups in total. The first-order valence-corrected chi connectivity index (χ1v) is 8.71. The lowest BCUT2D eigenvalue weighted by molar-refractivity contribution is 0.414. The number of hydrogen-bond acceptors (Lipinski definition) is 4. The summed E-state index contributed by atoms with van der Waals surface area (Å²) in [5.74, 6) is 1.77. The molecule has 0 saturated carbocycles. The average Bonchev–Trinajstić information content (AvgIpc) is 3.02. The van der Waals surface area contributed by atoms with E-state index in [2.05, 4.69) is 43.5 Å². The van der Waals surface area contributed by atoms with Gasteiger partial charge in [0.15, 0.2) is 0 Å². The Hall–Kier alpha value is -2.33. The molecule has 0 saturated heterocycles. The second-order valence-electron chi connectivity index (χ2n) is 5.79. The van der Waals surface area contributed by atoms with Gasteiger partial charge in [0, 0.05) is 17.4 Å². The molecule has 24 heavy (non-hydrogen) atoms. The third-order valence-electron chi connectivity index (χ3n) is 4.06. The number of rotatable bonds is 5. The van der Waals surface area contributed by atoms with Gasteiger partial charge in [0.05, 0.1) is 24.9 Å². The minimum absolute atomic E-state index is 0.836. The number of benzene rings is 2. The van der Waals surface area contributed by atoms with Gasteiger partial charge in [0.2, 0.25) is 0 Å². The Morgan fingerprint density at radius 2 is 1.54 bits per heavy atom. The number of hydrogen-bond donors (Lipinski definition) is 0. The highest BCUT2D eigenvalue weighted by molar-refractivity contribution is 7.10. The maximum Gasteiger partial charge on any atom is 0.119 e. The Balaban J connectivity index is 1.85. The molecule has 1 heterocycles. The minimum atomic E-state index is 0.836. The number of nitrogens with zero attached hydrogens (tertiary/aromatic N) is 1. The summed E-state index contributed by atoms with van der Waals surface area (Å²) >= 11 is 1.70. The van der Waals surface area contributed by atoms with Crippen molar-refractivity contribution in [1.29, 1.82) is 0 Å². The van der Waals surface area contributed by atoms with Crippen LogP contribution in [0.4, 0.5) is 0 Å². The summed E-state index contributed by atoms with van der Waals surface area (Å²) < 4.78 is 10.5. The van der Waals surface area contributed by atoms with Crippen LogP contribution in [0.2, 0.25) is 0 Å². The summed E-state index contributed by atoms with van der Waals surface area (Å²) in [6.45, 7) is 4.21. The second-order valence-corrected chi connectivity index (χ2v) is 6.73. The van der Waals surface area contributed by atoms with Gasteiger partial charge in [-0.3, -0.25) is 0 Å². The van der Waals surface area contributed by atoms with Crippen LogP contribution >= 0.6 is 11.3 Å². The molecule has 0 radical (unpaired) electrons. The summed E-state index contributed by atoms with van der Waals surface area (Å²) in [4.78, 5) is 4.84. The molecular weight excluding hydrogens is 318 g/mol. The van der Waals surface area contributed by atoms with Crippen molar-refractivity contribution in [3.05, 3.63) is 63.5 Å². The number of aromatic nitrogens is 1. The van der Waals surface area contributed by atoms with E-state index in [0.29, 0.717) is 0 Å². The van der Waals surface area contributed by atoms with Crippen LogP contribution < -0.4 is 9.47 Å². The molecule has 0 unspecified atom stereocenters. The van der Waals surface area contributed by atoms with Gasteiger partial charge in [-0.1, -0.05) is 12.1 Å². The fourth-order valence-electron chi connectivity index (χ4n) is 2.87. The summed E-state index contributed by atoms with van der Waals surface area (Å²) in [7, 11) is 3.38. The van der Waals surface area contributed by atoms with Crippen molar-refractivity contribution in [2.75, 3.05) is 14.2 Å². The average molecular weight is 339 g/mol. The molecule has 0 bridgehead atoms. The van der Waals surface area contributed by atoms with Crippen molar-refractivity contribution in [1.82, 2.24) is 4.98 Å². The van der Waals surface area contributed by atoms with E-state index in [0.717, 1.165) is 28.6 Å². The lowest BCUT2D eigenvalue weighted by atomic mass is 10.0. The molecule has 0 aliphatic heterocycles. The van der Waals surface area contributed by atoms with E-state index >= 15 is 0 Å². The minimum Gasteiger partial charge on any atom is -0.497 e. The number of aryl methyl sites for hydroxylation is 2. The zero-order valence-corrected chi connectivity index (χ0v) is 15.2. The number of ether oxygens (including phenoxy) is 2. The predicted octanol–water partition coefficient (Wildman–Crippen LogP) is 5.03. The summed E-state index contributed by atoms with van der Waals surface area (Å²) in [5, 5.41) is 3.26. The van der Waals surface area contributed by atoms with Crippen molar-refractivity contribution in [2.24, 2.45) is 0 Å². The van der Waals surface area contributed by atoms with E-state index < -0.39 is 0 Å². The van der Waals surface area contributed by atoms with E-state index in [-0.39, 0.29) is 0 Å². The fraction of sp³-hybridized carbons (Fsp3) is 0.250. The van der Waals surface area contributed by atoms with Crippen LogP contribution in [0.1, 0.15) is 21.7 Å². The van der Waals surface area contributed by atoms with E-state index in [1.165, 1.54) is 22.3 Å². The second kappa shape index (κ2) is 7.05. The Bertz CT molecular complexity index is 814. The van der Waals surface area contributed by atoms with Gasteiger partial charge in [-0.15, -0.1) is 11.3 Å². The summed E-state index contributed by atoms with van der Waals surface area (Å²) in [5.41, 5.74) is 5.86. The highest BCUT2D eigenvalue weighted by Crippen LogP contribution is 2.32. The van der Waals surface area contributed by atoms with Crippen LogP contribution in [-0.2, 0) is 6.42 Å². The van der Waals surface area contributed by atoms with E-state index in [1.807, 2.05) is 12.1 Å². The van der Waals surface area contributed by atoms with Crippen molar-refractivity contribution < 1.29 is 9.47 Å². The lowest BCUT2D eigenvalue weighted by Gasteiger charge is -2.10. The van der Waals surface area contributed by atoms with Gasteiger partial charge in [0.25, 0.3) is 0 Å². The van der Waals surface area contributed by atoms with E-state index in [9.17, 15) is 0 Å². The van der Waals surface area contributed by atoms with Crippen molar-refractivity contribution in [3.8, 4) is 22.8 Å². The van der Waals surface area contributed by atoms with Crippen LogP contribution in [0.15, 0.2) is 41.8 Å². The molecule has 0 aliphatic carbocycles. The molecule has 2 aromatic carbocycles. The molecular formula is C20H21NO2S. The Morgan fingerprint density at radius 3 is 2.12 bits per heavy atom. The molecule has 3 aromatic rings. The molecule has 3 rings (SSSR count). The Labute approximate surface area is 146 Å². The highest BCUT2D eigenvalue weighted by atomic mass is 32.1. The molecule has 4 heteroatoms. The van der Waals surface area contributed by atoms with Crippen LogP contribution in [-0.4, -0.2) is 19.2 Å². The molecule has 0 aliphatic rings. The highest BCUT2D eigenvalue weighted by Gasteiger charge is 2.12. The van der Waals surface area contributed by atoms with Gasteiger partial charge in [-0.05, 0) is 54.8 Å². The summed E-state index contributed by atoms with van der Waals surface area (Å²) in [6.07, 6.45) is 0.836. The van der Waals surface area contributed by atoms with Crippen LogP contribution in [0.5, 0.6) is 11.5 Å². The van der Waals surface area contributed by atoms with Gasteiger partial charge in [0.1, 0.15) is 11.5 Å². The molecule has 124 valence electrons. The largest absolute Gasteiger partial charge is 0.497 e. The molecule has 3 nitrogen and oxygen atoms in total. The fourth-order valence-corrected chi connectivity index (χ4v) is 3.69. The topological polar surface area (TPSA) is 31.4 Å². The predicted molar refractivity (Wildman–Crippen MR) is 99.4 cm³/mol. The molecule has 0 atom stereocenters. The summed E-state index contributed by atoms with van der Waals surface area (Å²) in [6, 6.07) is 12.3. The van der Waals surface area contributed by atoms with Crippen LogP contribution in [0.25, 0.3) is 11.3 Å². The Morgan fingerprint density at radius 1 is 0.917 bits per heavy atom.